The number of fused-ring (bicyclic) bond motifs is 2. The van der Waals surface area contributed by atoms with Crippen molar-refractivity contribution in [1.29, 1.82) is 0 Å². The number of nitrogens with one attached hydrogen (secondary N) is 2. The van der Waals surface area contributed by atoms with Crippen molar-refractivity contribution in [3.05, 3.63) is 53.9 Å². The first-order valence-electron chi connectivity index (χ1n) is 11.0. The van der Waals surface area contributed by atoms with Crippen molar-refractivity contribution in [1.82, 2.24) is 15.3 Å². The van der Waals surface area contributed by atoms with Gasteiger partial charge in [-0.1, -0.05) is 0 Å². The largest absolute Gasteiger partial charge is 0.497 e. The molecule has 2 N–H and O–H groups in total. The number of nitrogens with zero attached hydrogens (tertiary/aromatic N) is 2. The van der Waals surface area contributed by atoms with E-state index < -0.39 is 0 Å². The van der Waals surface area contributed by atoms with Gasteiger partial charge in [-0.3, -0.25) is 14.6 Å². The third-order valence-corrected chi connectivity index (χ3v) is 5.70. The Labute approximate surface area is 195 Å². The molecule has 0 bridgehead atoms. The van der Waals surface area contributed by atoms with Gasteiger partial charge in [0.2, 0.25) is 0 Å². The van der Waals surface area contributed by atoms with Crippen LogP contribution in [-0.4, -0.2) is 61.0 Å². The molecule has 0 atom stereocenters. The van der Waals surface area contributed by atoms with E-state index in [1.54, 1.807) is 25.4 Å². The number of methoxy groups -OCH3 is 1. The fourth-order valence-electron chi connectivity index (χ4n) is 3.94. The zero-order valence-corrected chi connectivity index (χ0v) is 18.6. The van der Waals surface area contributed by atoms with Crippen LogP contribution in [0, 0.1) is 0 Å². The molecule has 10 heteroatoms. The number of aryl methyl sites for hydroxylation is 1. The molecular formula is C24H24N4O6. The number of carbonyl (C=O) groups excluding carboxylic acids is 2. The Morgan fingerprint density at radius 1 is 1.21 bits per heavy atom. The molecule has 10 nitrogen and oxygen atoms in total. The van der Waals surface area contributed by atoms with Crippen LogP contribution >= 0.6 is 0 Å². The lowest BCUT2D eigenvalue weighted by atomic mass is 10.0. The standard InChI is InChI=1S/C24H24N4O6/c1-31-16-3-4-18-17(10-16)14(8-9-25-18)2-7-22-33-11-15(12-34-22)26-24(30)19-5-6-20-23(27-19)28-21(29)13-32-20/h3-6,8-10,15,22H,2,7,11-13H2,1H3,(H,26,30)(H,27,28,29). The number of aromatic nitrogens is 2. The zero-order valence-electron chi connectivity index (χ0n) is 18.6. The predicted molar refractivity (Wildman–Crippen MR) is 122 cm³/mol. The van der Waals surface area contributed by atoms with E-state index in [2.05, 4.69) is 20.6 Å². The van der Waals surface area contributed by atoms with Gasteiger partial charge in [0.1, 0.15) is 11.4 Å². The van der Waals surface area contributed by atoms with Crippen LogP contribution in [0.1, 0.15) is 22.5 Å². The van der Waals surface area contributed by atoms with E-state index in [0.717, 1.165) is 28.6 Å². The highest BCUT2D eigenvalue weighted by Crippen LogP contribution is 2.26. The highest BCUT2D eigenvalue weighted by atomic mass is 16.7. The van der Waals surface area contributed by atoms with Gasteiger partial charge in [-0.25, -0.2) is 4.98 Å². The van der Waals surface area contributed by atoms with Crippen molar-refractivity contribution in [3.8, 4) is 11.5 Å². The molecule has 34 heavy (non-hydrogen) atoms. The van der Waals surface area contributed by atoms with E-state index in [0.29, 0.717) is 25.4 Å². The quantitative estimate of drug-likeness (QED) is 0.569. The third kappa shape index (κ3) is 4.78. The number of ether oxygens (including phenoxy) is 4. The lowest BCUT2D eigenvalue weighted by molar-refractivity contribution is -0.190. The summed E-state index contributed by atoms with van der Waals surface area (Å²) in [4.78, 5) is 32.7. The van der Waals surface area contributed by atoms with E-state index in [1.807, 2.05) is 24.3 Å². The summed E-state index contributed by atoms with van der Waals surface area (Å²) < 4.78 is 22.3. The summed E-state index contributed by atoms with van der Waals surface area (Å²) in [5.41, 5.74) is 2.22. The number of hydrogen-bond acceptors (Lipinski definition) is 8. The van der Waals surface area contributed by atoms with Crippen molar-refractivity contribution in [2.45, 2.75) is 25.2 Å². The molecule has 2 amide bonds. The third-order valence-electron chi connectivity index (χ3n) is 5.70. The molecule has 4 heterocycles. The number of rotatable bonds is 6. The van der Waals surface area contributed by atoms with Crippen molar-refractivity contribution in [3.63, 3.8) is 0 Å². The molecule has 2 aliphatic heterocycles. The molecule has 176 valence electrons. The Balaban J connectivity index is 1.14. The molecule has 0 saturated carbocycles. The predicted octanol–water partition coefficient (Wildman–Crippen LogP) is 2.07. The maximum Gasteiger partial charge on any atom is 0.270 e. The molecule has 1 saturated heterocycles. The summed E-state index contributed by atoms with van der Waals surface area (Å²) in [6, 6.07) is 10.7. The second-order valence-electron chi connectivity index (χ2n) is 8.04. The van der Waals surface area contributed by atoms with Crippen molar-refractivity contribution in [2.75, 3.05) is 32.2 Å². The second-order valence-corrected chi connectivity index (χ2v) is 8.04. The molecule has 1 aromatic carbocycles. The number of pyridine rings is 2. The van der Waals surface area contributed by atoms with Crippen molar-refractivity contribution >= 4 is 28.5 Å². The second kappa shape index (κ2) is 9.62. The molecule has 1 fully saturated rings. The van der Waals surface area contributed by atoms with Gasteiger partial charge in [0.15, 0.2) is 24.5 Å². The van der Waals surface area contributed by atoms with Crippen molar-refractivity contribution < 1.29 is 28.5 Å². The van der Waals surface area contributed by atoms with Crippen LogP contribution in [0.15, 0.2) is 42.6 Å². The molecule has 0 radical (unpaired) electrons. The van der Waals surface area contributed by atoms with E-state index >= 15 is 0 Å². The van der Waals surface area contributed by atoms with Crippen LogP contribution < -0.4 is 20.1 Å². The van der Waals surface area contributed by atoms with Crippen LogP contribution in [0.3, 0.4) is 0 Å². The number of hydrogen-bond donors (Lipinski definition) is 2. The van der Waals surface area contributed by atoms with Gasteiger partial charge in [-0.15, -0.1) is 0 Å². The number of benzene rings is 1. The zero-order chi connectivity index (χ0) is 23.5. The van der Waals surface area contributed by atoms with Crippen LogP contribution in [-0.2, 0) is 20.7 Å². The minimum absolute atomic E-state index is 0.0658. The van der Waals surface area contributed by atoms with Gasteiger partial charge < -0.3 is 29.6 Å². The summed E-state index contributed by atoms with van der Waals surface area (Å²) in [6.45, 7) is 0.585. The van der Waals surface area contributed by atoms with E-state index in [4.69, 9.17) is 18.9 Å². The fraction of sp³-hybridized carbons (Fsp3) is 0.333. The highest BCUT2D eigenvalue weighted by molar-refractivity contribution is 5.97. The smallest absolute Gasteiger partial charge is 0.270 e. The van der Waals surface area contributed by atoms with Crippen LogP contribution in [0.5, 0.6) is 11.5 Å². The maximum absolute atomic E-state index is 12.6. The average molecular weight is 464 g/mol. The Kier molecular flexibility index (Phi) is 6.24. The SMILES string of the molecule is COc1ccc2nccc(CCC3OCC(NC(=O)c4ccc5c(n4)NC(=O)CO5)CO3)c2c1. The van der Waals surface area contributed by atoms with Gasteiger partial charge in [0, 0.05) is 18.0 Å². The van der Waals surface area contributed by atoms with E-state index in [1.165, 1.54) is 0 Å². The van der Waals surface area contributed by atoms with Crippen LogP contribution in [0.2, 0.25) is 0 Å². The van der Waals surface area contributed by atoms with Crippen LogP contribution in [0.25, 0.3) is 10.9 Å². The van der Waals surface area contributed by atoms with Gasteiger partial charge in [0.25, 0.3) is 11.8 Å². The summed E-state index contributed by atoms with van der Waals surface area (Å²) in [5, 5.41) is 6.49. The molecule has 2 aromatic heterocycles. The molecule has 2 aliphatic rings. The number of carbonyl (C=O) groups is 2. The van der Waals surface area contributed by atoms with Crippen molar-refractivity contribution in [2.24, 2.45) is 0 Å². The average Bonchev–Trinajstić information content (AvgIpc) is 2.87. The summed E-state index contributed by atoms with van der Waals surface area (Å²) in [5.74, 6) is 0.769. The molecule has 0 spiro atoms. The van der Waals surface area contributed by atoms with E-state index in [-0.39, 0.29) is 42.3 Å². The fourth-order valence-corrected chi connectivity index (χ4v) is 3.94. The normalized spacial score (nSPS) is 19.6. The topological polar surface area (TPSA) is 121 Å². The molecule has 3 aromatic rings. The summed E-state index contributed by atoms with van der Waals surface area (Å²) in [6.07, 6.45) is 2.85. The number of anilines is 1. The Morgan fingerprint density at radius 3 is 2.88 bits per heavy atom. The Bertz CT molecular complexity index is 1230. The maximum atomic E-state index is 12.6. The summed E-state index contributed by atoms with van der Waals surface area (Å²) in [7, 11) is 1.64. The first-order valence-corrected chi connectivity index (χ1v) is 11.0. The Morgan fingerprint density at radius 2 is 2.06 bits per heavy atom. The Hall–Kier alpha value is -3.76. The lowest BCUT2D eigenvalue weighted by Crippen LogP contribution is -2.47. The minimum atomic E-state index is -0.379. The first kappa shape index (κ1) is 22.1. The van der Waals surface area contributed by atoms with Crippen LogP contribution in [0.4, 0.5) is 5.82 Å². The molecule has 5 rings (SSSR count). The van der Waals surface area contributed by atoms with E-state index in [9.17, 15) is 9.59 Å². The monoisotopic (exact) mass is 464 g/mol. The lowest BCUT2D eigenvalue weighted by Gasteiger charge is -2.30. The molecule has 0 unspecified atom stereocenters. The van der Waals surface area contributed by atoms with Gasteiger partial charge in [0.05, 0.1) is 31.9 Å². The molecule has 0 aliphatic carbocycles. The van der Waals surface area contributed by atoms with Gasteiger partial charge in [-0.05, 0) is 48.4 Å². The first-order chi connectivity index (χ1) is 16.6. The minimum Gasteiger partial charge on any atom is -0.497 e. The summed E-state index contributed by atoms with van der Waals surface area (Å²) >= 11 is 0. The highest BCUT2D eigenvalue weighted by Gasteiger charge is 2.25. The van der Waals surface area contributed by atoms with Gasteiger partial charge in [-0.2, -0.15) is 0 Å². The van der Waals surface area contributed by atoms with Gasteiger partial charge >= 0.3 is 0 Å². The number of amides is 2. The molecular weight excluding hydrogens is 440 g/mol.